The summed E-state index contributed by atoms with van der Waals surface area (Å²) in [7, 11) is 0. The van der Waals surface area contributed by atoms with Crippen LogP contribution in [-0.4, -0.2) is 54.9 Å². The lowest BCUT2D eigenvalue weighted by Crippen LogP contribution is -2.51. The summed E-state index contributed by atoms with van der Waals surface area (Å²) in [6, 6.07) is 5.56. The Kier molecular flexibility index (Phi) is 9.41. The maximum Gasteiger partial charge on any atom is 0.300 e. The molecule has 4 bridgehead atoms. The van der Waals surface area contributed by atoms with Crippen molar-refractivity contribution in [3.63, 3.8) is 0 Å². The van der Waals surface area contributed by atoms with Crippen molar-refractivity contribution in [1.82, 2.24) is 10.6 Å². The van der Waals surface area contributed by atoms with Crippen LogP contribution in [-0.2, 0) is 4.79 Å². The maximum absolute atomic E-state index is 12.9. The topological polar surface area (TPSA) is 111 Å². The van der Waals surface area contributed by atoms with Crippen LogP contribution in [0.3, 0.4) is 0 Å². The number of amides is 1. The molecular weight excluding hydrogens is 442 g/mol. The minimum atomic E-state index is -0.833. The van der Waals surface area contributed by atoms with Crippen molar-refractivity contribution in [3.05, 3.63) is 28.8 Å². The minimum absolute atomic E-state index is 0.0598. The third kappa shape index (κ3) is 7.59. The monoisotopic (exact) mass is 479 g/mol. The van der Waals surface area contributed by atoms with E-state index in [2.05, 4.69) is 16.0 Å². The maximum atomic E-state index is 12.9. The lowest BCUT2D eigenvalue weighted by atomic mass is 9.49. The highest BCUT2D eigenvalue weighted by atomic mass is 35.5. The van der Waals surface area contributed by atoms with Gasteiger partial charge in [0.1, 0.15) is 0 Å². The highest BCUT2D eigenvalue weighted by Crippen LogP contribution is 2.59. The summed E-state index contributed by atoms with van der Waals surface area (Å²) >= 11 is 6.34. The van der Waals surface area contributed by atoms with Crippen LogP contribution in [0.2, 0.25) is 5.02 Å². The van der Waals surface area contributed by atoms with E-state index in [4.69, 9.17) is 26.6 Å². The number of aliphatic hydroxyl groups excluding tert-OH is 1. The fraction of sp³-hybridized carbons (Fsp3) is 0.680. The van der Waals surface area contributed by atoms with Crippen molar-refractivity contribution >= 4 is 29.2 Å². The van der Waals surface area contributed by atoms with Crippen LogP contribution in [0.25, 0.3) is 0 Å². The molecule has 0 heterocycles. The van der Waals surface area contributed by atoms with E-state index in [1.807, 2.05) is 12.1 Å². The van der Waals surface area contributed by atoms with E-state index in [0.717, 1.165) is 63.0 Å². The second-order valence-electron chi connectivity index (χ2n) is 10.1. The Balaban J connectivity index is 0.000000709. The molecule has 0 saturated heterocycles. The van der Waals surface area contributed by atoms with Gasteiger partial charge in [-0.05, 0) is 92.9 Å². The van der Waals surface area contributed by atoms with E-state index < -0.39 is 5.97 Å². The van der Waals surface area contributed by atoms with E-state index in [0.29, 0.717) is 16.0 Å². The molecule has 8 heteroatoms. The second kappa shape index (κ2) is 12.0. The molecular formula is C25H38ClN3O4. The van der Waals surface area contributed by atoms with Crippen LogP contribution in [0.5, 0.6) is 0 Å². The molecule has 4 aliphatic rings. The molecule has 0 spiro atoms. The number of hydrogen-bond donors (Lipinski definition) is 5. The van der Waals surface area contributed by atoms with Crippen LogP contribution in [0.15, 0.2) is 18.2 Å². The van der Waals surface area contributed by atoms with Crippen molar-refractivity contribution in [2.45, 2.75) is 51.9 Å². The molecule has 7 nitrogen and oxygen atoms in total. The Morgan fingerprint density at radius 1 is 1.06 bits per heavy atom. The summed E-state index contributed by atoms with van der Waals surface area (Å²) in [5, 5.41) is 26.5. The Bertz CT molecular complexity index is 778. The van der Waals surface area contributed by atoms with Crippen molar-refractivity contribution in [2.24, 2.45) is 23.2 Å². The Hall–Kier alpha value is -1.83. The van der Waals surface area contributed by atoms with Gasteiger partial charge in [-0.1, -0.05) is 11.6 Å². The number of halogens is 1. The van der Waals surface area contributed by atoms with Crippen LogP contribution in [0.4, 0.5) is 5.69 Å². The first kappa shape index (κ1) is 25.8. The Morgan fingerprint density at radius 2 is 1.67 bits per heavy atom. The van der Waals surface area contributed by atoms with Crippen molar-refractivity contribution in [2.75, 3.05) is 38.1 Å². The first-order chi connectivity index (χ1) is 15.8. The molecule has 1 aromatic rings. The van der Waals surface area contributed by atoms with Crippen LogP contribution in [0, 0.1) is 23.2 Å². The van der Waals surface area contributed by atoms with Crippen molar-refractivity contribution in [3.8, 4) is 0 Å². The van der Waals surface area contributed by atoms with E-state index >= 15 is 0 Å². The van der Waals surface area contributed by atoms with E-state index in [-0.39, 0.29) is 12.5 Å². The number of aliphatic hydroxyl groups is 1. The molecule has 0 atom stereocenters. The SMILES string of the molecule is CC(=O)O.O=C(NCC12CC3CC(CC(C3)C1)C2)c1cc(NCCNCCCO)ccc1Cl. The number of aliphatic carboxylic acids is 1. The fourth-order valence-electron chi connectivity index (χ4n) is 6.30. The molecule has 0 aliphatic heterocycles. The molecule has 33 heavy (non-hydrogen) atoms. The van der Waals surface area contributed by atoms with Crippen LogP contribution in [0.1, 0.15) is 62.2 Å². The zero-order chi connectivity index (χ0) is 23.8. The Labute approximate surface area is 201 Å². The molecule has 4 fully saturated rings. The number of rotatable bonds is 10. The quantitative estimate of drug-likeness (QED) is 0.327. The molecule has 0 unspecified atom stereocenters. The van der Waals surface area contributed by atoms with Gasteiger partial charge in [0.05, 0.1) is 10.6 Å². The Morgan fingerprint density at radius 3 is 2.24 bits per heavy atom. The lowest BCUT2D eigenvalue weighted by Gasteiger charge is -2.56. The largest absolute Gasteiger partial charge is 0.481 e. The number of carboxylic acid groups (broad SMARTS) is 1. The zero-order valence-corrected chi connectivity index (χ0v) is 20.3. The minimum Gasteiger partial charge on any atom is -0.481 e. The summed E-state index contributed by atoms with van der Waals surface area (Å²) in [6.07, 6.45) is 8.88. The number of anilines is 1. The molecule has 0 aromatic heterocycles. The molecule has 4 aliphatic carbocycles. The summed E-state index contributed by atoms with van der Waals surface area (Å²) < 4.78 is 0. The van der Waals surface area contributed by atoms with E-state index in [9.17, 15) is 4.79 Å². The molecule has 184 valence electrons. The zero-order valence-electron chi connectivity index (χ0n) is 19.5. The summed E-state index contributed by atoms with van der Waals surface area (Å²) in [4.78, 5) is 21.9. The van der Waals surface area contributed by atoms with Gasteiger partial charge >= 0.3 is 0 Å². The van der Waals surface area contributed by atoms with Gasteiger partial charge in [-0.2, -0.15) is 0 Å². The molecule has 0 radical (unpaired) electrons. The fourth-order valence-corrected chi connectivity index (χ4v) is 6.51. The second-order valence-corrected chi connectivity index (χ2v) is 10.5. The average molecular weight is 480 g/mol. The number of carboxylic acids is 1. The summed E-state index contributed by atoms with van der Waals surface area (Å²) in [6.45, 7) is 4.44. The van der Waals surface area contributed by atoms with Gasteiger partial charge in [-0.25, -0.2) is 0 Å². The third-order valence-electron chi connectivity index (χ3n) is 7.14. The van der Waals surface area contributed by atoms with E-state index in [1.54, 1.807) is 6.07 Å². The van der Waals surface area contributed by atoms with Crippen molar-refractivity contribution < 1.29 is 19.8 Å². The van der Waals surface area contributed by atoms with Gasteiger partial charge in [0, 0.05) is 38.9 Å². The van der Waals surface area contributed by atoms with Gasteiger partial charge in [0.2, 0.25) is 0 Å². The smallest absolute Gasteiger partial charge is 0.300 e. The first-order valence-corrected chi connectivity index (χ1v) is 12.5. The van der Waals surface area contributed by atoms with Crippen LogP contribution >= 0.6 is 11.6 Å². The normalized spacial score (nSPS) is 26.9. The van der Waals surface area contributed by atoms with Gasteiger partial charge in [-0.15, -0.1) is 0 Å². The summed E-state index contributed by atoms with van der Waals surface area (Å²) in [5.41, 5.74) is 1.78. The first-order valence-electron chi connectivity index (χ1n) is 12.1. The van der Waals surface area contributed by atoms with Gasteiger partial charge in [0.15, 0.2) is 0 Å². The number of benzene rings is 1. The molecule has 5 N–H and O–H groups in total. The number of hydrogen-bond acceptors (Lipinski definition) is 5. The molecule has 1 aromatic carbocycles. The highest BCUT2D eigenvalue weighted by Gasteiger charge is 2.50. The lowest BCUT2D eigenvalue weighted by molar-refractivity contribution is -0.134. The number of nitrogens with one attached hydrogen (secondary N) is 3. The molecule has 1 amide bonds. The molecule has 4 saturated carbocycles. The summed E-state index contributed by atoms with van der Waals surface area (Å²) in [5.74, 6) is 1.77. The van der Waals surface area contributed by atoms with Crippen molar-refractivity contribution in [1.29, 1.82) is 0 Å². The van der Waals surface area contributed by atoms with E-state index in [1.165, 1.54) is 38.5 Å². The highest BCUT2D eigenvalue weighted by molar-refractivity contribution is 6.34. The predicted octanol–water partition coefficient (Wildman–Crippen LogP) is 3.76. The standard InChI is InChI=1S/C23H34ClN3O2.C2H4O2/c24-21-3-2-19(26-6-5-25-4-1-7-28)11-20(21)22(29)27-15-23-12-16-8-17(13-23)10-18(9-16)14-23;1-2(3)4/h2-3,11,16-18,25-26,28H,1,4-10,12-15H2,(H,27,29);1H3,(H,3,4). The number of carbonyl (C=O) groups excluding carboxylic acids is 1. The van der Waals surface area contributed by atoms with Gasteiger partial charge in [-0.3, -0.25) is 9.59 Å². The third-order valence-corrected chi connectivity index (χ3v) is 7.47. The van der Waals surface area contributed by atoms with Gasteiger partial charge in [0.25, 0.3) is 11.9 Å². The number of carbonyl (C=O) groups is 2. The molecule has 5 rings (SSSR count). The van der Waals surface area contributed by atoms with Gasteiger partial charge < -0.3 is 26.2 Å². The predicted molar refractivity (Wildman–Crippen MR) is 131 cm³/mol. The average Bonchev–Trinajstić information content (AvgIpc) is 2.74. The van der Waals surface area contributed by atoms with Crippen LogP contribution < -0.4 is 16.0 Å².